The summed E-state index contributed by atoms with van der Waals surface area (Å²) in [5.74, 6) is 0.891. The van der Waals surface area contributed by atoms with Crippen LogP contribution in [0.15, 0.2) is 71.5 Å². The number of methoxy groups -OCH3 is 2. The Morgan fingerprint density at radius 3 is 2.29 bits per heavy atom. The number of nitrogens with zero attached hydrogens (tertiary/aromatic N) is 2. The number of Topliss-reactive ketones (excluding diaryl/α,β-unsaturated/α-hetero) is 1. The van der Waals surface area contributed by atoms with Crippen molar-refractivity contribution in [1.29, 1.82) is 0 Å². The summed E-state index contributed by atoms with van der Waals surface area (Å²) in [6.45, 7) is -0.189. The fourth-order valence-electron chi connectivity index (χ4n) is 3.40. The monoisotopic (exact) mass is 434 g/mol. The largest absolute Gasteiger partial charge is 0.493 e. The Morgan fingerprint density at radius 1 is 0.935 bits per heavy atom. The third-order valence-corrected chi connectivity index (χ3v) is 5.24. The third kappa shape index (κ3) is 4.02. The summed E-state index contributed by atoms with van der Waals surface area (Å²) >= 11 is 5.90. The molecule has 0 saturated carbocycles. The number of ether oxygens (including phenoxy) is 2. The first-order chi connectivity index (χ1) is 15.0. The van der Waals surface area contributed by atoms with Gasteiger partial charge in [-0.25, -0.2) is 4.68 Å². The average Bonchev–Trinajstić information content (AvgIpc) is 2.80. The van der Waals surface area contributed by atoms with Gasteiger partial charge in [0.25, 0.3) is 5.56 Å². The van der Waals surface area contributed by atoms with Crippen LogP contribution in [0.3, 0.4) is 0 Å². The predicted molar refractivity (Wildman–Crippen MR) is 120 cm³/mol. The molecule has 0 aliphatic rings. The van der Waals surface area contributed by atoms with Crippen molar-refractivity contribution in [2.24, 2.45) is 0 Å². The highest BCUT2D eigenvalue weighted by atomic mass is 35.5. The number of ketones is 1. The van der Waals surface area contributed by atoms with Crippen molar-refractivity contribution in [2.75, 3.05) is 14.2 Å². The van der Waals surface area contributed by atoms with Crippen LogP contribution < -0.4 is 15.0 Å². The molecule has 0 saturated heterocycles. The van der Waals surface area contributed by atoms with Crippen LogP contribution in [-0.2, 0) is 6.54 Å². The number of aromatic nitrogens is 2. The molecular weight excluding hydrogens is 416 g/mol. The van der Waals surface area contributed by atoms with E-state index >= 15 is 0 Å². The van der Waals surface area contributed by atoms with Crippen LogP contribution in [0.5, 0.6) is 11.5 Å². The van der Waals surface area contributed by atoms with E-state index < -0.39 is 0 Å². The second-order valence-corrected chi connectivity index (χ2v) is 7.29. The van der Waals surface area contributed by atoms with E-state index in [4.69, 9.17) is 21.1 Å². The van der Waals surface area contributed by atoms with Gasteiger partial charge in [0, 0.05) is 21.5 Å². The van der Waals surface area contributed by atoms with Crippen LogP contribution in [-0.4, -0.2) is 29.8 Å². The SMILES string of the molecule is COc1ccc(-c2nn(CC(=O)c3ccc(Cl)cc3)c(=O)c3ccccc23)cc1OC. The Morgan fingerprint density at radius 2 is 1.61 bits per heavy atom. The van der Waals surface area contributed by atoms with Crippen molar-refractivity contribution in [3.8, 4) is 22.8 Å². The molecule has 1 aromatic heterocycles. The van der Waals surface area contributed by atoms with Crippen LogP contribution in [0.4, 0.5) is 0 Å². The quantitative estimate of drug-likeness (QED) is 0.414. The van der Waals surface area contributed by atoms with Crippen molar-refractivity contribution in [2.45, 2.75) is 6.54 Å². The van der Waals surface area contributed by atoms with Gasteiger partial charge in [-0.15, -0.1) is 0 Å². The zero-order chi connectivity index (χ0) is 22.0. The standard InChI is InChI=1S/C24H19ClN2O4/c1-30-21-12-9-16(13-22(21)31-2)23-18-5-3-4-6-19(18)24(29)27(26-23)14-20(28)15-7-10-17(25)11-8-15/h3-13H,14H2,1-2H3. The number of hydrogen-bond acceptors (Lipinski definition) is 5. The Balaban J connectivity index is 1.85. The normalized spacial score (nSPS) is 10.8. The first-order valence-electron chi connectivity index (χ1n) is 9.53. The number of benzene rings is 3. The van der Waals surface area contributed by atoms with Gasteiger partial charge < -0.3 is 9.47 Å². The predicted octanol–water partition coefficient (Wildman–Crippen LogP) is 4.62. The molecule has 0 fully saturated rings. The number of halogens is 1. The van der Waals surface area contributed by atoms with E-state index in [0.717, 1.165) is 5.56 Å². The van der Waals surface area contributed by atoms with Crippen LogP contribution in [0, 0.1) is 0 Å². The maximum Gasteiger partial charge on any atom is 0.275 e. The summed E-state index contributed by atoms with van der Waals surface area (Å²) in [6, 6.07) is 19.1. The van der Waals surface area contributed by atoms with Crippen LogP contribution in [0.1, 0.15) is 10.4 Å². The molecule has 31 heavy (non-hydrogen) atoms. The molecule has 4 aromatic rings. The van der Waals surface area contributed by atoms with E-state index in [1.807, 2.05) is 18.2 Å². The zero-order valence-corrected chi connectivity index (χ0v) is 17.7. The molecule has 0 aliphatic carbocycles. The van der Waals surface area contributed by atoms with Crippen molar-refractivity contribution in [1.82, 2.24) is 9.78 Å². The summed E-state index contributed by atoms with van der Waals surface area (Å²) in [7, 11) is 3.12. The van der Waals surface area contributed by atoms with E-state index in [1.54, 1.807) is 62.8 Å². The number of rotatable bonds is 6. The lowest BCUT2D eigenvalue weighted by atomic mass is 10.0. The van der Waals surface area contributed by atoms with Gasteiger partial charge in [0.2, 0.25) is 0 Å². The number of hydrogen-bond donors (Lipinski definition) is 0. The van der Waals surface area contributed by atoms with Gasteiger partial charge in [-0.1, -0.05) is 29.8 Å². The number of fused-ring (bicyclic) bond motifs is 1. The first-order valence-corrected chi connectivity index (χ1v) is 9.90. The van der Waals surface area contributed by atoms with Gasteiger partial charge in [-0.05, 0) is 48.5 Å². The molecule has 0 spiro atoms. The fourth-order valence-corrected chi connectivity index (χ4v) is 3.53. The lowest BCUT2D eigenvalue weighted by Crippen LogP contribution is -2.27. The van der Waals surface area contributed by atoms with Crippen molar-refractivity contribution < 1.29 is 14.3 Å². The molecule has 4 rings (SSSR count). The summed E-state index contributed by atoms with van der Waals surface area (Å²) in [6.07, 6.45) is 0. The van der Waals surface area contributed by atoms with Gasteiger partial charge >= 0.3 is 0 Å². The van der Waals surface area contributed by atoms with Gasteiger partial charge in [0.05, 0.1) is 25.3 Å². The average molecular weight is 435 g/mol. The Labute approximate surface area is 183 Å². The minimum Gasteiger partial charge on any atom is -0.493 e. The van der Waals surface area contributed by atoms with E-state index in [0.29, 0.717) is 38.6 Å². The molecule has 7 heteroatoms. The molecule has 0 radical (unpaired) electrons. The van der Waals surface area contributed by atoms with E-state index in [1.165, 1.54) is 4.68 Å². The van der Waals surface area contributed by atoms with Gasteiger partial charge in [0.15, 0.2) is 17.3 Å². The smallest absolute Gasteiger partial charge is 0.275 e. The lowest BCUT2D eigenvalue weighted by Gasteiger charge is -2.13. The van der Waals surface area contributed by atoms with Gasteiger partial charge in [-0.2, -0.15) is 5.10 Å². The second-order valence-electron chi connectivity index (χ2n) is 6.86. The minimum atomic E-state index is -0.331. The first kappa shape index (κ1) is 20.6. The van der Waals surface area contributed by atoms with Crippen molar-refractivity contribution >= 4 is 28.2 Å². The molecule has 0 atom stereocenters. The maximum atomic E-state index is 13.0. The van der Waals surface area contributed by atoms with Crippen molar-refractivity contribution in [3.05, 3.63) is 87.7 Å². The second kappa shape index (κ2) is 8.62. The highest BCUT2D eigenvalue weighted by Crippen LogP contribution is 2.33. The molecule has 156 valence electrons. The van der Waals surface area contributed by atoms with Crippen LogP contribution in [0.2, 0.25) is 5.02 Å². The number of carbonyl (C=O) groups is 1. The molecule has 0 amide bonds. The fraction of sp³-hybridized carbons (Fsp3) is 0.125. The summed E-state index contributed by atoms with van der Waals surface area (Å²) < 4.78 is 11.9. The Hall–Kier alpha value is -3.64. The summed E-state index contributed by atoms with van der Waals surface area (Å²) in [5, 5.41) is 6.25. The summed E-state index contributed by atoms with van der Waals surface area (Å²) in [4.78, 5) is 25.8. The lowest BCUT2D eigenvalue weighted by molar-refractivity contribution is 0.0966. The van der Waals surface area contributed by atoms with Crippen LogP contribution >= 0.6 is 11.6 Å². The molecule has 0 unspecified atom stereocenters. The summed E-state index contributed by atoms with van der Waals surface area (Å²) in [5.41, 5.74) is 1.43. The maximum absolute atomic E-state index is 13.0. The topological polar surface area (TPSA) is 70.4 Å². The van der Waals surface area contributed by atoms with E-state index in [-0.39, 0.29) is 17.9 Å². The Bertz CT molecular complexity index is 1330. The van der Waals surface area contributed by atoms with Gasteiger partial charge in [0.1, 0.15) is 6.54 Å². The number of carbonyl (C=O) groups excluding carboxylic acids is 1. The molecule has 3 aromatic carbocycles. The highest BCUT2D eigenvalue weighted by molar-refractivity contribution is 6.30. The highest BCUT2D eigenvalue weighted by Gasteiger charge is 2.16. The van der Waals surface area contributed by atoms with Crippen molar-refractivity contribution in [3.63, 3.8) is 0 Å². The molecular formula is C24H19ClN2O4. The van der Waals surface area contributed by atoms with Crippen LogP contribution in [0.25, 0.3) is 22.0 Å². The molecule has 6 nitrogen and oxygen atoms in total. The van der Waals surface area contributed by atoms with E-state index in [2.05, 4.69) is 5.10 Å². The molecule has 1 heterocycles. The molecule has 0 aliphatic heterocycles. The molecule has 0 bridgehead atoms. The minimum absolute atomic E-state index is 0.189. The molecule has 0 N–H and O–H groups in total. The van der Waals surface area contributed by atoms with E-state index in [9.17, 15) is 9.59 Å². The van der Waals surface area contributed by atoms with Gasteiger partial charge in [-0.3, -0.25) is 9.59 Å². The zero-order valence-electron chi connectivity index (χ0n) is 17.0. The Kier molecular flexibility index (Phi) is 5.73. The third-order valence-electron chi connectivity index (χ3n) is 4.98.